The van der Waals surface area contributed by atoms with Gasteiger partial charge in [0.05, 0.1) is 11.6 Å². The van der Waals surface area contributed by atoms with Gasteiger partial charge in [0.15, 0.2) is 13.5 Å². The van der Waals surface area contributed by atoms with Gasteiger partial charge in [-0.15, -0.1) is 4.67 Å². The van der Waals surface area contributed by atoms with Crippen molar-refractivity contribution < 1.29 is 18.9 Å². The highest BCUT2D eigenvalue weighted by molar-refractivity contribution is 7.63. The lowest BCUT2D eigenvalue weighted by atomic mass is 9.70. The average Bonchev–Trinajstić information content (AvgIpc) is 3.35. The minimum absolute atomic E-state index is 0.0141. The van der Waals surface area contributed by atoms with E-state index in [1.807, 2.05) is 18.2 Å². The second-order valence-electron chi connectivity index (χ2n) is 11.6. The summed E-state index contributed by atoms with van der Waals surface area (Å²) in [7, 11) is -3.41. The molecule has 36 heavy (non-hydrogen) atoms. The summed E-state index contributed by atoms with van der Waals surface area (Å²) in [6, 6.07) is 18.4. The minimum Gasteiger partial charge on any atom is -0.640 e. The van der Waals surface area contributed by atoms with Crippen molar-refractivity contribution in [1.29, 1.82) is 5.26 Å². The number of carbonyl (C=O) groups is 1. The molecule has 2 aromatic rings. The highest BCUT2D eigenvalue weighted by atomic mass is 31.2. The first-order valence-electron chi connectivity index (χ1n) is 12.9. The molecule has 2 aliphatic carbocycles. The fourth-order valence-electron chi connectivity index (χ4n) is 6.95. The van der Waals surface area contributed by atoms with Crippen LogP contribution in [0.5, 0.6) is 5.75 Å². The van der Waals surface area contributed by atoms with Crippen LogP contribution >= 0.6 is 7.87 Å². The van der Waals surface area contributed by atoms with E-state index in [9.17, 15) is 14.9 Å². The van der Waals surface area contributed by atoms with Gasteiger partial charge in [0.1, 0.15) is 17.9 Å². The zero-order chi connectivity index (χ0) is 25.9. The largest absolute Gasteiger partial charge is 0.640 e. The van der Waals surface area contributed by atoms with E-state index in [1.54, 1.807) is 36.4 Å². The van der Waals surface area contributed by atoms with Crippen LogP contribution in [-0.4, -0.2) is 34.5 Å². The number of nitrogens with zero attached hydrogens (tertiary/aromatic N) is 2. The van der Waals surface area contributed by atoms with Gasteiger partial charge in [-0.05, 0) is 67.9 Å². The molecule has 0 spiro atoms. The molecule has 1 saturated heterocycles. The van der Waals surface area contributed by atoms with Gasteiger partial charge in [-0.3, -0.25) is 0 Å². The third-order valence-corrected chi connectivity index (χ3v) is 12.2. The second kappa shape index (κ2) is 8.92. The maximum absolute atomic E-state index is 14.6. The quantitative estimate of drug-likeness (QED) is 0.296. The van der Waals surface area contributed by atoms with E-state index in [0.717, 1.165) is 18.4 Å². The molecule has 0 aromatic heterocycles. The van der Waals surface area contributed by atoms with Gasteiger partial charge in [0.25, 0.3) is 0 Å². The molecule has 0 radical (unpaired) electrons. The Balaban J connectivity index is 1.35. The predicted octanol–water partition coefficient (Wildman–Crippen LogP) is 5.40. The molecule has 5 rings (SSSR count). The number of esters is 1. The van der Waals surface area contributed by atoms with Gasteiger partial charge in [0.2, 0.25) is 0 Å². The number of hydrogen-bond donors (Lipinski definition) is 0. The van der Waals surface area contributed by atoms with Gasteiger partial charge in [-0.1, -0.05) is 51.1 Å². The van der Waals surface area contributed by atoms with Crippen molar-refractivity contribution in [3.63, 3.8) is 0 Å². The van der Waals surface area contributed by atoms with E-state index in [-0.39, 0.29) is 29.0 Å². The maximum atomic E-state index is 14.6. The number of carbonyl (C=O) groups excluding carboxylic acids is 1. The van der Waals surface area contributed by atoms with Crippen molar-refractivity contribution in [3.05, 3.63) is 65.7 Å². The predicted molar refractivity (Wildman–Crippen MR) is 138 cm³/mol. The van der Waals surface area contributed by atoms with Gasteiger partial charge >= 0.3 is 5.97 Å². The Morgan fingerprint density at radius 2 is 1.86 bits per heavy atom. The lowest BCUT2D eigenvalue weighted by molar-refractivity contribution is -0.207. The monoisotopic (exact) mass is 506 g/mol. The molecule has 1 heterocycles. The Bertz CT molecular complexity index is 1180. The van der Waals surface area contributed by atoms with Crippen molar-refractivity contribution in [2.24, 2.45) is 16.7 Å². The average molecular weight is 507 g/mol. The fourth-order valence-corrected chi connectivity index (χ4v) is 10.1. The number of fused-ring (bicyclic) bond motifs is 5. The van der Waals surface area contributed by atoms with Crippen LogP contribution in [0.15, 0.2) is 54.6 Å². The normalized spacial score (nSPS) is 33.3. The molecule has 0 amide bonds. The molecule has 2 saturated carbocycles. The van der Waals surface area contributed by atoms with Gasteiger partial charge in [0, 0.05) is 17.9 Å². The molecular weight excluding hydrogens is 471 g/mol. The Kier molecular flexibility index (Phi) is 6.29. The zero-order valence-electron chi connectivity index (χ0n) is 21.7. The fraction of sp³-hybridized carbons (Fsp3) is 0.517. The van der Waals surface area contributed by atoms with E-state index in [0.29, 0.717) is 23.7 Å². The van der Waals surface area contributed by atoms with E-state index in [4.69, 9.17) is 9.26 Å². The molecule has 190 valence electrons. The number of benzene rings is 2. The van der Waals surface area contributed by atoms with Crippen LogP contribution in [-0.2, 0) is 10.9 Å². The Hall–Kier alpha value is -2.29. The van der Waals surface area contributed by atoms with Crippen molar-refractivity contribution in [2.75, 3.05) is 0 Å². The van der Waals surface area contributed by atoms with Crippen LogP contribution in [0.1, 0.15) is 63.4 Å². The highest BCUT2D eigenvalue weighted by Gasteiger charge is 2.76. The van der Waals surface area contributed by atoms with Crippen LogP contribution in [0.25, 0.3) is 0 Å². The summed E-state index contributed by atoms with van der Waals surface area (Å²) in [6.45, 7) is 11.0. The Labute approximate surface area is 214 Å². The number of nitriles is 1. The first-order valence-corrected chi connectivity index (χ1v) is 14.5. The Morgan fingerprint density at radius 1 is 1.19 bits per heavy atom. The lowest BCUT2D eigenvalue weighted by Gasteiger charge is -2.43. The molecule has 2 bridgehead atoms. The van der Waals surface area contributed by atoms with Crippen LogP contribution in [0.2, 0.25) is 0 Å². The molecule has 7 heteroatoms. The van der Waals surface area contributed by atoms with Gasteiger partial charge in [-0.2, -0.15) is 5.26 Å². The molecule has 6 nitrogen and oxygen atoms in total. The molecule has 0 N–H and O–H groups in total. The molecule has 5 unspecified atom stereocenters. The molecule has 6 atom stereocenters. The van der Waals surface area contributed by atoms with E-state index < -0.39 is 19.5 Å². The molecular formula is C29H35N2O4P. The third kappa shape index (κ3) is 3.72. The summed E-state index contributed by atoms with van der Waals surface area (Å²) in [6.07, 6.45) is 2.37. The van der Waals surface area contributed by atoms with Crippen LogP contribution in [0.4, 0.5) is 0 Å². The van der Waals surface area contributed by atoms with Crippen LogP contribution in [0.3, 0.4) is 0 Å². The summed E-state index contributed by atoms with van der Waals surface area (Å²) >= 11 is 0. The summed E-state index contributed by atoms with van der Waals surface area (Å²) in [5.41, 5.74) is 0.624. The standard InChI is InChI=1S/C29H35N2O4P/c1-19(2)31-25-24-15-16-29(5,28(24,3)4)26(25)35-36(31,33)23(18-30)17-20-11-13-22(14-12-20)34-27(32)21-9-7-6-8-10-21/h6-14,19,23-26H,15-17H2,1-5H3/t23-,24?,25?,26?,29?,36?/m0/s1. The molecule has 1 aliphatic heterocycles. The number of rotatable bonds is 6. The molecule has 3 fully saturated rings. The minimum atomic E-state index is -3.41. The maximum Gasteiger partial charge on any atom is 0.343 e. The van der Waals surface area contributed by atoms with Gasteiger partial charge in [-0.25, -0.2) is 9.32 Å². The van der Waals surface area contributed by atoms with Crippen LogP contribution in [0, 0.1) is 28.1 Å². The highest BCUT2D eigenvalue weighted by Crippen LogP contribution is 2.79. The summed E-state index contributed by atoms with van der Waals surface area (Å²) in [5.74, 6) is 0.408. The van der Waals surface area contributed by atoms with E-state index >= 15 is 0 Å². The number of hydrogen-bond acceptors (Lipinski definition) is 6. The second-order valence-corrected chi connectivity index (χ2v) is 14.0. The molecule has 3 aliphatic rings. The van der Waals surface area contributed by atoms with Crippen LogP contribution < -0.4 is 9.63 Å². The third-order valence-electron chi connectivity index (χ3n) is 9.26. The molecule has 2 aromatic carbocycles. The first-order chi connectivity index (χ1) is 17.0. The first kappa shape index (κ1) is 25.4. The van der Waals surface area contributed by atoms with Crippen molar-refractivity contribution in [3.8, 4) is 11.8 Å². The zero-order valence-corrected chi connectivity index (χ0v) is 22.6. The smallest absolute Gasteiger partial charge is 0.343 e. The number of ether oxygens (including phenoxy) is 1. The summed E-state index contributed by atoms with van der Waals surface area (Å²) < 4.78 is 14.1. The summed E-state index contributed by atoms with van der Waals surface area (Å²) in [5, 5.41) is 10.2. The van der Waals surface area contributed by atoms with Crippen molar-refractivity contribution >= 4 is 13.8 Å². The SMILES string of the molecule is CC(C)N1C2C3CCC(C)(C2O[P+]1([O-])[C@H](C#N)Cc1ccc(OC(=O)c2ccccc2)cc1)C3(C)C. The summed E-state index contributed by atoms with van der Waals surface area (Å²) in [4.78, 5) is 26.9. The van der Waals surface area contributed by atoms with Crippen molar-refractivity contribution in [1.82, 2.24) is 4.67 Å². The topological polar surface area (TPSA) is 85.6 Å². The van der Waals surface area contributed by atoms with E-state index in [2.05, 4.69) is 45.4 Å². The van der Waals surface area contributed by atoms with E-state index in [1.165, 1.54) is 0 Å². The van der Waals surface area contributed by atoms with Crippen molar-refractivity contribution in [2.45, 2.75) is 77.7 Å². The van der Waals surface area contributed by atoms with Gasteiger partial charge < -0.3 is 9.63 Å². The lowest BCUT2D eigenvalue weighted by Crippen LogP contribution is -2.47. The Morgan fingerprint density at radius 3 is 2.47 bits per heavy atom.